The zero-order valence-corrected chi connectivity index (χ0v) is 6.52. The Morgan fingerprint density at radius 1 is 1.38 bits per heavy atom. The molecular formula is C8H7NO4. The van der Waals surface area contributed by atoms with E-state index in [1.807, 2.05) is 0 Å². The Labute approximate surface area is 73.3 Å². The number of hydrogen-bond donors (Lipinski definition) is 3. The van der Waals surface area contributed by atoms with E-state index in [-0.39, 0.29) is 5.76 Å². The van der Waals surface area contributed by atoms with Gasteiger partial charge in [-0.25, -0.2) is 4.79 Å². The van der Waals surface area contributed by atoms with Crippen molar-refractivity contribution >= 4 is 17.5 Å². The minimum absolute atomic E-state index is 0.367. The van der Waals surface area contributed by atoms with E-state index in [1.165, 1.54) is 12.3 Å². The molecule has 0 spiro atoms. The first-order chi connectivity index (χ1) is 6.11. The maximum Gasteiger partial charge on any atom is 0.376 e. The molecule has 0 aliphatic rings. The number of nitrogens with one attached hydrogen (secondary N) is 1. The maximum atomic E-state index is 10.6. The van der Waals surface area contributed by atoms with Gasteiger partial charge in [-0.05, 0) is 6.07 Å². The fourth-order valence-electron chi connectivity index (χ4n) is 0.752. The topological polar surface area (TPSA) is 90.4 Å². The molecule has 1 aromatic rings. The lowest BCUT2D eigenvalue weighted by Crippen LogP contribution is -2.09. The van der Waals surface area contributed by atoms with Gasteiger partial charge in [0.1, 0.15) is 5.76 Å². The molecule has 13 heavy (non-hydrogen) atoms. The molecule has 5 heteroatoms. The van der Waals surface area contributed by atoms with Crippen LogP contribution >= 0.6 is 0 Å². The number of aromatic amines is 1. The van der Waals surface area contributed by atoms with E-state index in [4.69, 9.17) is 5.11 Å². The molecule has 0 aliphatic heterocycles. The van der Waals surface area contributed by atoms with Gasteiger partial charge >= 0.3 is 5.97 Å². The van der Waals surface area contributed by atoms with Crippen LogP contribution in [0.4, 0.5) is 0 Å². The van der Waals surface area contributed by atoms with Crippen molar-refractivity contribution in [2.75, 3.05) is 0 Å². The number of H-pyrrole nitrogens is 1. The second kappa shape index (κ2) is 3.57. The quantitative estimate of drug-likeness (QED) is 0.361. The van der Waals surface area contributed by atoms with Crippen molar-refractivity contribution in [2.24, 2.45) is 0 Å². The highest BCUT2D eigenvalue weighted by atomic mass is 16.4. The molecule has 0 saturated carbocycles. The third-order valence-corrected chi connectivity index (χ3v) is 1.37. The second-order valence-corrected chi connectivity index (χ2v) is 2.30. The minimum atomic E-state index is -1.60. The lowest BCUT2D eigenvalue weighted by Gasteiger charge is -1.92. The van der Waals surface area contributed by atoms with Crippen LogP contribution in [0.25, 0.3) is 5.76 Å². The summed E-state index contributed by atoms with van der Waals surface area (Å²) in [6.07, 6.45) is 3.65. The molecule has 0 saturated heterocycles. The fourth-order valence-corrected chi connectivity index (χ4v) is 0.752. The van der Waals surface area contributed by atoms with Crippen molar-refractivity contribution < 1.29 is 19.8 Å². The first-order valence-electron chi connectivity index (χ1n) is 3.42. The lowest BCUT2D eigenvalue weighted by molar-refractivity contribution is -0.146. The standard InChI is InChI=1S/C8H7NO4/c10-6(3-7(11)8(12)13)5-1-2-9-4-5/h1-4,9-10H,(H,12,13). The van der Waals surface area contributed by atoms with Crippen LogP contribution in [0.15, 0.2) is 24.5 Å². The summed E-state index contributed by atoms with van der Waals surface area (Å²) >= 11 is 0. The van der Waals surface area contributed by atoms with Gasteiger partial charge in [0, 0.05) is 24.0 Å². The van der Waals surface area contributed by atoms with E-state index in [0.717, 1.165) is 0 Å². The van der Waals surface area contributed by atoms with Gasteiger partial charge in [-0.15, -0.1) is 0 Å². The molecule has 0 unspecified atom stereocenters. The zero-order valence-electron chi connectivity index (χ0n) is 6.52. The molecule has 0 bridgehead atoms. The van der Waals surface area contributed by atoms with Gasteiger partial charge < -0.3 is 15.2 Å². The van der Waals surface area contributed by atoms with Gasteiger partial charge in [0.15, 0.2) is 0 Å². The van der Waals surface area contributed by atoms with E-state index in [0.29, 0.717) is 11.6 Å². The SMILES string of the molecule is O=C(O)C(=O)C=C(O)c1cc[nH]c1. The van der Waals surface area contributed by atoms with E-state index in [1.54, 1.807) is 6.20 Å². The summed E-state index contributed by atoms with van der Waals surface area (Å²) in [5.41, 5.74) is 0.370. The predicted molar refractivity (Wildman–Crippen MR) is 44.0 cm³/mol. The molecule has 3 N–H and O–H groups in total. The molecule has 5 nitrogen and oxygen atoms in total. The summed E-state index contributed by atoms with van der Waals surface area (Å²) in [6, 6.07) is 1.51. The van der Waals surface area contributed by atoms with Gasteiger partial charge in [0.25, 0.3) is 5.78 Å². The maximum absolute atomic E-state index is 10.6. The number of ketones is 1. The van der Waals surface area contributed by atoms with Crippen LogP contribution in [0, 0.1) is 0 Å². The second-order valence-electron chi connectivity index (χ2n) is 2.30. The third-order valence-electron chi connectivity index (χ3n) is 1.37. The molecule has 0 fully saturated rings. The van der Waals surface area contributed by atoms with E-state index in [2.05, 4.69) is 4.98 Å². The Balaban J connectivity index is 2.84. The smallest absolute Gasteiger partial charge is 0.376 e. The van der Waals surface area contributed by atoms with Crippen LogP contribution in [0.2, 0.25) is 0 Å². The van der Waals surface area contributed by atoms with Crippen LogP contribution in [-0.2, 0) is 9.59 Å². The van der Waals surface area contributed by atoms with Crippen LogP contribution < -0.4 is 0 Å². The number of aromatic nitrogens is 1. The van der Waals surface area contributed by atoms with Crippen LogP contribution in [0.3, 0.4) is 0 Å². The number of aliphatic carboxylic acids is 1. The van der Waals surface area contributed by atoms with Crippen molar-refractivity contribution in [3.63, 3.8) is 0 Å². The lowest BCUT2D eigenvalue weighted by atomic mass is 10.2. The monoisotopic (exact) mass is 181 g/mol. The number of carbonyl (C=O) groups is 2. The molecule has 1 heterocycles. The Morgan fingerprint density at radius 2 is 2.08 bits per heavy atom. The van der Waals surface area contributed by atoms with Crippen molar-refractivity contribution in [1.29, 1.82) is 0 Å². The highest BCUT2D eigenvalue weighted by Crippen LogP contribution is 2.08. The molecule has 0 aromatic carbocycles. The number of carbonyl (C=O) groups excluding carboxylic acids is 1. The fraction of sp³-hybridized carbons (Fsp3) is 0. The number of rotatable bonds is 3. The summed E-state index contributed by atoms with van der Waals surface area (Å²) < 4.78 is 0. The molecule has 68 valence electrons. The molecule has 1 rings (SSSR count). The highest BCUT2D eigenvalue weighted by Gasteiger charge is 2.10. The van der Waals surface area contributed by atoms with Crippen molar-refractivity contribution in [1.82, 2.24) is 4.98 Å². The van der Waals surface area contributed by atoms with Crippen LogP contribution in [0.5, 0.6) is 0 Å². The van der Waals surface area contributed by atoms with Crippen LogP contribution in [0.1, 0.15) is 5.56 Å². The minimum Gasteiger partial charge on any atom is -0.507 e. The van der Waals surface area contributed by atoms with Gasteiger partial charge in [-0.2, -0.15) is 0 Å². The number of aliphatic hydroxyl groups is 1. The van der Waals surface area contributed by atoms with Gasteiger partial charge in [0.05, 0.1) is 0 Å². The Kier molecular flexibility index (Phi) is 2.49. The van der Waals surface area contributed by atoms with Gasteiger partial charge in [-0.3, -0.25) is 4.79 Å². The van der Waals surface area contributed by atoms with Gasteiger partial charge in [-0.1, -0.05) is 0 Å². The predicted octanol–water partition coefficient (Wildman–Crippen LogP) is 0.567. The molecule has 0 atom stereocenters. The molecule has 0 radical (unpaired) electrons. The summed E-state index contributed by atoms with van der Waals surface area (Å²) in [4.78, 5) is 23.3. The van der Waals surface area contributed by atoms with Crippen molar-refractivity contribution in [3.05, 3.63) is 30.1 Å². The Bertz CT molecular complexity index is 350. The highest BCUT2D eigenvalue weighted by molar-refractivity contribution is 6.38. The zero-order chi connectivity index (χ0) is 9.84. The Morgan fingerprint density at radius 3 is 2.54 bits per heavy atom. The van der Waals surface area contributed by atoms with E-state index in [9.17, 15) is 14.7 Å². The first kappa shape index (κ1) is 9.05. The first-order valence-corrected chi connectivity index (χ1v) is 3.42. The third kappa shape index (κ3) is 2.19. The number of carboxylic acid groups (broad SMARTS) is 1. The normalized spacial score (nSPS) is 11.2. The number of carboxylic acids is 1. The largest absolute Gasteiger partial charge is 0.507 e. The van der Waals surface area contributed by atoms with Crippen molar-refractivity contribution in [3.8, 4) is 0 Å². The number of hydrogen-bond acceptors (Lipinski definition) is 3. The molecule has 0 amide bonds. The summed E-state index contributed by atoms with van der Waals surface area (Å²) in [5, 5.41) is 17.4. The summed E-state index contributed by atoms with van der Waals surface area (Å²) in [5.74, 6) is -3.12. The summed E-state index contributed by atoms with van der Waals surface area (Å²) in [7, 11) is 0. The average Bonchev–Trinajstić information content (AvgIpc) is 2.55. The summed E-state index contributed by atoms with van der Waals surface area (Å²) in [6.45, 7) is 0. The molecule has 0 aliphatic carbocycles. The van der Waals surface area contributed by atoms with E-state index >= 15 is 0 Å². The molecule has 1 aromatic heterocycles. The van der Waals surface area contributed by atoms with Gasteiger partial charge in [0.2, 0.25) is 0 Å². The van der Waals surface area contributed by atoms with E-state index < -0.39 is 11.8 Å². The van der Waals surface area contributed by atoms with Crippen molar-refractivity contribution in [2.45, 2.75) is 0 Å². The van der Waals surface area contributed by atoms with Crippen LogP contribution in [-0.4, -0.2) is 26.9 Å². The average molecular weight is 181 g/mol. The molecular weight excluding hydrogens is 174 g/mol. The number of aliphatic hydroxyl groups excluding tert-OH is 1. The Hall–Kier alpha value is -2.04.